The molecule has 2 rings (SSSR count). The fourth-order valence-electron chi connectivity index (χ4n) is 2.56. The van der Waals surface area contributed by atoms with Gasteiger partial charge in [-0.3, -0.25) is 4.79 Å². The van der Waals surface area contributed by atoms with Gasteiger partial charge in [0.15, 0.2) is 6.10 Å². The summed E-state index contributed by atoms with van der Waals surface area (Å²) in [7, 11) is 0. The lowest BCUT2D eigenvalue weighted by Gasteiger charge is -2.36. The van der Waals surface area contributed by atoms with Crippen LogP contribution >= 0.6 is 11.6 Å². The van der Waals surface area contributed by atoms with Crippen LogP contribution in [0.25, 0.3) is 0 Å². The van der Waals surface area contributed by atoms with E-state index < -0.39 is 6.10 Å². The number of hydrogen-bond donors (Lipinski definition) is 0. The van der Waals surface area contributed by atoms with Crippen LogP contribution in [0.5, 0.6) is 5.75 Å². The molecule has 1 aromatic rings. The topological polar surface area (TPSA) is 38.8 Å². The van der Waals surface area contributed by atoms with E-state index in [0.29, 0.717) is 23.9 Å². The Bertz CT molecular complexity index is 510. The number of carbonyl (C=O) groups excluding carboxylic acids is 1. The minimum atomic E-state index is -0.568. The maximum Gasteiger partial charge on any atom is 0.263 e. The van der Waals surface area contributed by atoms with E-state index in [1.54, 1.807) is 17.9 Å². The second-order valence-corrected chi connectivity index (χ2v) is 6.10. The number of aryl methyl sites for hydroxylation is 1. The monoisotopic (exact) mass is 311 g/mol. The zero-order valence-electron chi connectivity index (χ0n) is 12.9. The van der Waals surface area contributed by atoms with Crippen molar-refractivity contribution in [2.75, 3.05) is 13.1 Å². The highest BCUT2D eigenvalue weighted by Gasteiger charge is 2.29. The van der Waals surface area contributed by atoms with Gasteiger partial charge < -0.3 is 14.4 Å². The van der Waals surface area contributed by atoms with Gasteiger partial charge in [0, 0.05) is 13.1 Å². The molecule has 0 saturated carbocycles. The summed E-state index contributed by atoms with van der Waals surface area (Å²) >= 11 is 6.11. The van der Waals surface area contributed by atoms with Gasteiger partial charge in [-0.1, -0.05) is 17.7 Å². The van der Waals surface area contributed by atoms with Gasteiger partial charge in [-0.05, 0) is 45.4 Å². The smallest absolute Gasteiger partial charge is 0.263 e. The molecule has 1 aliphatic rings. The van der Waals surface area contributed by atoms with Crippen molar-refractivity contribution >= 4 is 17.5 Å². The standard InChI is InChI=1S/C16H22ClNO3/c1-10-5-6-14(17)15(7-10)21-13(4)16(19)18-8-11(2)20-12(3)9-18/h5-7,11-13H,8-9H2,1-4H3/t11-,12+,13-/m0/s1. The Labute approximate surface area is 131 Å². The average molecular weight is 312 g/mol. The summed E-state index contributed by atoms with van der Waals surface area (Å²) in [6, 6.07) is 5.53. The SMILES string of the molecule is Cc1ccc(Cl)c(O[C@@H](C)C(=O)N2C[C@@H](C)O[C@@H](C)C2)c1. The molecule has 0 spiro atoms. The third kappa shape index (κ3) is 4.11. The summed E-state index contributed by atoms with van der Waals surface area (Å²) < 4.78 is 11.4. The third-order valence-electron chi connectivity index (χ3n) is 3.47. The molecule has 0 bridgehead atoms. The van der Waals surface area contributed by atoms with Crippen LogP contribution in [0.2, 0.25) is 5.02 Å². The molecule has 21 heavy (non-hydrogen) atoms. The lowest BCUT2D eigenvalue weighted by molar-refractivity contribution is -0.149. The molecule has 116 valence electrons. The lowest BCUT2D eigenvalue weighted by atomic mass is 10.2. The molecule has 1 aliphatic heterocycles. The van der Waals surface area contributed by atoms with E-state index in [2.05, 4.69) is 0 Å². The predicted molar refractivity (Wildman–Crippen MR) is 82.9 cm³/mol. The third-order valence-corrected chi connectivity index (χ3v) is 3.78. The number of amides is 1. The Balaban J connectivity index is 2.04. The Morgan fingerprint density at radius 1 is 1.38 bits per heavy atom. The van der Waals surface area contributed by atoms with Gasteiger partial charge in [-0.25, -0.2) is 0 Å². The number of morpholine rings is 1. The molecule has 0 aliphatic carbocycles. The highest BCUT2D eigenvalue weighted by atomic mass is 35.5. The molecule has 4 nitrogen and oxygen atoms in total. The number of nitrogens with zero attached hydrogens (tertiary/aromatic N) is 1. The summed E-state index contributed by atoms with van der Waals surface area (Å²) in [5, 5.41) is 0.518. The van der Waals surface area contributed by atoms with Gasteiger partial charge in [-0.15, -0.1) is 0 Å². The van der Waals surface area contributed by atoms with Crippen molar-refractivity contribution in [1.82, 2.24) is 4.90 Å². The zero-order chi connectivity index (χ0) is 15.6. The molecule has 1 fully saturated rings. The van der Waals surface area contributed by atoms with Crippen molar-refractivity contribution in [1.29, 1.82) is 0 Å². The number of benzene rings is 1. The van der Waals surface area contributed by atoms with E-state index >= 15 is 0 Å². The molecular formula is C16H22ClNO3. The van der Waals surface area contributed by atoms with Crippen LogP contribution in [0, 0.1) is 6.92 Å². The number of hydrogen-bond acceptors (Lipinski definition) is 3. The van der Waals surface area contributed by atoms with Crippen LogP contribution in [0.4, 0.5) is 0 Å². The summed E-state index contributed by atoms with van der Waals surface area (Å²) in [5.74, 6) is 0.515. The fraction of sp³-hybridized carbons (Fsp3) is 0.562. The summed E-state index contributed by atoms with van der Waals surface area (Å²) in [4.78, 5) is 14.3. The van der Waals surface area contributed by atoms with Crippen molar-refractivity contribution in [3.63, 3.8) is 0 Å². The van der Waals surface area contributed by atoms with Crippen molar-refractivity contribution in [3.05, 3.63) is 28.8 Å². The van der Waals surface area contributed by atoms with E-state index in [0.717, 1.165) is 5.56 Å². The van der Waals surface area contributed by atoms with E-state index in [9.17, 15) is 4.79 Å². The average Bonchev–Trinajstić information content (AvgIpc) is 2.41. The van der Waals surface area contributed by atoms with Crippen LogP contribution in [0.15, 0.2) is 18.2 Å². The zero-order valence-corrected chi connectivity index (χ0v) is 13.7. The first kappa shape index (κ1) is 16.1. The van der Waals surface area contributed by atoms with Gasteiger partial charge in [0.1, 0.15) is 5.75 Å². The quantitative estimate of drug-likeness (QED) is 0.861. The fourth-order valence-corrected chi connectivity index (χ4v) is 2.72. The normalized spacial score (nSPS) is 23.8. The Hall–Kier alpha value is -1.26. The predicted octanol–water partition coefficient (Wildman–Crippen LogP) is 3.05. The molecule has 3 atom stereocenters. The molecule has 0 radical (unpaired) electrons. The molecule has 1 amide bonds. The maximum absolute atomic E-state index is 12.5. The molecule has 0 unspecified atom stereocenters. The van der Waals surface area contributed by atoms with Crippen LogP contribution in [-0.2, 0) is 9.53 Å². The molecule has 5 heteroatoms. The molecular weight excluding hydrogens is 290 g/mol. The summed E-state index contributed by atoms with van der Waals surface area (Å²) in [5.41, 5.74) is 1.04. The van der Waals surface area contributed by atoms with Gasteiger partial charge in [0.25, 0.3) is 5.91 Å². The lowest BCUT2D eigenvalue weighted by Crippen LogP contribution is -2.51. The van der Waals surface area contributed by atoms with E-state index in [-0.39, 0.29) is 18.1 Å². The number of ether oxygens (including phenoxy) is 2. The van der Waals surface area contributed by atoms with Crippen molar-refractivity contribution in [2.24, 2.45) is 0 Å². The molecule has 0 aromatic heterocycles. The van der Waals surface area contributed by atoms with Crippen LogP contribution in [0.3, 0.4) is 0 Å². The first-order chi connectivity index (χ1) is 9.86. The second kappa shape index (κ2) is 6.67. The molecule has 1 heterocycles. The molecule has 1 aromatic carbocycles. The number of halogens is 1. The highest BCUT2D eigenvalue weighted by Crippen LogP contribution is 2.26. The largest absolute Gasteiger partial charge is 0.479 e. The summed E-state index contributed by atoms with van der Waals surface area (Å²) in [6.45, 7) is 8.85. The minimum absolute atomic E-state index is 0.0328. The van der Waals surface area contributed by atoms with Crippen molar-refractivity contribution in [2.45, 2.75) is 46.0 Å². The van der Waals surface area contributed by atoms with Gasteiger partial charge >= 0.3 is 0 Å². The minimum Gasteiger partial charge on any atom is -0.479 e. The van der Waals surface area contributed by atoms with Crippen LogP contribution < -0.4 is 4.74 Å². The number of carbonyl (C=O) groups is 1. The highest BCUT2D eigenvalue weighted by molar-refractivity contribution is 6.32. The van der Waals surface area contributed by atoms with E-state index in [1.807, 2.05) is 32.9 Å². The summed E-state index contributed by atoms with van der Waals surface area (Å²) in [6.07, 6.45) is -0.471. The van der Waals surface area contributed by atoms with Crippen LogP contribution in [0.1, 0.15) is 26.3 Å². The van der Waals surface area contributed by atoms with Crippen molar-refractivity contribution < 1.29 is 14.3 Å². The Morgan fingerprint density at radius 3 is 2.62 bits per heavy atom. The Kier molecular flexibility index (Phi) is 5.12. The first-order valence-corrected chi connectivity index (χ1v) is 7.61. The number of rotatable bonds is 3. The molecule has 0 N–H and O–H groups in total. The van der Waals surface area contributed by atoms with Crippen molar-refractivity contribution in [3.8, 4) is 5.75 Å². The van der Waals surface area contributed by atoms with Crippen LogP contribution in [-0.4, -0.2) is 42.2 Å². The van der Waals surface area contributed by atoms with E-state index in [4.69, 9.17) is 21.1 Å². The molecule has 1 saturated heterocycles. The van der Waals surface area contributed by atoms with Gasteiger partial charge in [0.05, 0.1) is 17.2 Å². The maximum atomic E-state index is 12.5. The van der Waals surface area contributed by atoms with E-state index in [1.165, 1.54) is 0 Å². The van der Waals surface area contributed by atoms with Gasteiger partial charge in [-0.2, -0.15) is 0 Å². The first-order valence-electron chi connectivity index (χ1n) is 7.24. The second-order valence-electron chi connectivity index (χ2n) is 5.69. The van der Waals surface area contributed by atoms with Gasteiger partial charge in [0.2, 0.25) is 0 Å². The Morgan fingerprint density at radius 2 is 2.00 bits per heavy atom.